The smallest absolute Gasteiger partial charge is 0.410 e. The van der Waals surface area contributed by atoms with Gasteiger partial charge in [0, 0.05) is 31.9 Å². The number of pyridine rings is 1. The number of benzene rings is 1. The molecule has 2 aromatic rings. The van der Waals surface area contributed by atoms with Gasteiger partial charge in [0.1, 0.15) is 12.4 Å². The van der Waals surface area contributed by atoms with Gasteiger partial charge in [0.2, 0.25) is 0 Å². The summed E-state index contributed by atoms with van der Waals surface area (Å²) in [4.78, 5) is 31.8. The number of halogens is 1. The van der Waals surface area contributed by atoms with Gasteiger partial charge in [-0.05, 0) is 36.8 Å². The van der Waals surface area contributed by atoms with Crippen LogP contribution < -0.4 is 10.6 Å². The van der Waals surface area contributed by atoms with E-state index in [4.69, 9.17) is 4.74 Å². The zero-order chi connectivity index (χ0) is 20.4. The van der Waals surface area contributed by atoms with Crippen LogP contribution in [0.1, 0.15) is 11.3 Å². The molecule has 2 N–H and O–H groups in total. The van der Waals surface area contributed by atoms with Crippen molar-refractivity contribution in [2.45, 2.75) is 19.5 Å². The normalized spacial score (nSPS) is 18.9. The van der Waals surface area contributed by atoms with Crippen LogP contribution in [0.15, 0.2) is 36.5 Å². The summed E-state index contributed by atoms with van der Waals surface area (Å²) in [6, 6.07) is 7.70. The van der Waals surface area contributed by atoms with Gasteiger partial charge in [-0.15, -0.1) is 0 Å². The standard InChI is InChI=1S/C20H22FN5O3/c1-13-2-4-15(9-22-13)23-19(27)24-18-8-14(3-5-17(18)21)10-25-6-7-26-16(11-25)12-29-20(26)28/h2-5,8-9,16H,6-7,10-12H2,1H3,(H2,23,24,27). The molecule has 0 bridgehead atoms. The number of hydrogen-bond donors (Lipinski definition) is 2. The van der Waals surface area contributed by atoms with Gasteiger partial charge in [-0.3, -0.25) is 14.8 Å². The molecule has 1 unspecified atom stereocenters. The fourth-order valence-electron chi connectivity index (χ4n) is 3.55. The molecule has 1 atom stereocenters. The minimum absolute atomic E-state index is 0.0585. The van der Waals surface area contributed by atoms with Gasteiger partial charge in [0.25, 0.3) is 0 Å². The van der Waals surface area contributed by atoms with E-state index < -0.39 is 11.8 Å². The average molecular weight is 399 g/mol. The molecule has 2 aliphatic rings. The van der Waals surface area contributed by atoms with Crippen molar-refractivity contribution in [3.63, 3.8) is 0 Å². The first-order valence-electron chi connectivity index (χ1n) is 9.43. The fourth-order valence-corrected chi connectivity index (χ4v) is 3.55. The van der Waals surface area contributed by atoms with Gasteiger partial charge in [-0.2, -0.15) is 0 Å². The molecular weight excluding hydrogens is 377 g/mol. The number of hydrogen-bond acceptors (Lipinski definition) is 5. The van der Waals surface area contributed by atoms with Gasteiger partial charge < -0.3 is 15.4 Å². The topological polar surface area (TPSA) is 86.8 Å². The van der Waals surface area contributed by atoms with Gasteiger partial charge in [-0.25, -0.2) is 14.0 Å². The Morgan fingerprint density at radius 2 is 2.14 bits per heavy atom. The maximum atomic E-state index is 14.2. The molecule has 3 heterocycles. The molecule has 29 heavy (non-hydrogen) atoms. The Hall–Kier alpha value is -3.20. The minimum Gasteiger partial charge on any atom is -0.447 e. The van der Waals surface area contributed by atoms with Crippen LogP contribution in [0.25, 0.3) is 0 Å². The largest absolute Gasteiger partial charge is 0.447 e. The highest BCUT2D eigenvalue weighted by Crippen LogP contribution is 2.22. The molecule has 0 radical (unpaired) electrons. The Balaban J connectivity index is 1.38. The summed E-state index contributed by atoms with van der Waals surface area (Å²) in [6.07, 6.45) is 1.29. The van der Waals surface area contributed by atoms with Gasteiger partial charge >= 0.3 is 12.1 Å². The summed E-state index contributed by atoms with van der Waals surface area (Å²) in [6.45, 7) is 4.88. The highest BCUT2D eigenvalue weighted by atomic mass is 19.1. The number of carbonyl (C=O) groups excluding carboxylic acids is 2. The third kappa shape index (κ3) is 4.45. The van der Waals surface area contributed by atoms with Crippen molar-refractivity contribution in [2.24, 2.45) is 0 Å². The molecule has 8 nitrogen and oxygen atoms in total. The fraction of sp³-hybridized carbons (Fsp3) is 0.350. The quantitative estimate of drug-likeness (QED) is 0.826. The first-order chi connectivity index (χ1) is 14.0. The van der Waals surface area contributed by atoms with Gasteiger partial charge in [0.05, 0.1) is 23.6 Å². The summed E-state index contributed by atoms with van der Waals surface area (Å²) >= 11 is 0. The van der Waals surface area contributed by atoms with Gasteiger partial charge in [0.15, 0.2) is 0 Å². The van der Waals surface area contributed by atoms with Crippen LogP contribution in [-0.4, -0.2) is 59.2 Å². The highest BCUT2D eigenvalue weighted by Gasteiger charge is 2.37. The summed E-state index contributed by atoms with van der Waals surface area (Å²) in [7, 11) is 0. The van der Waals surface area contributed by atoms with Crippen molar-refractivity contribution >= 4 is 23.5 Å². The van der Waals surface area contributed by atoms with E-state index in [9.17, 15) is 14.0 Å². The summed E-state index contributed by atoms with van der Waals surface area (Å²) < 4.78 is 19.3. The van der Waals surface area contributed by atoms with E-state index in [1.54, 1.807) is 35.4 Å². The van der Waals surface area contributed by atoms with Crippen LogP contribution in [0.3, 0.4) is 0 Å². The number of nitrogens with zero attached hydrogens (tertiary/aromatic N) is 3. The summed E-state index contributed by atoms with van der Waals surface area (Å²) in [5, 5.41) is 5.18. The van der Waals surface area contributed by atoms with E-state index in [0.29, 0.717) is 38.5 Å². The lowest BCUT2D eigenvalue weighted by molar-refractivity contribution is 0.115. The van der Waals surface area contributed by atoms with E-state index in [-0.39, 0.29) is 17.8 Å². The van der Waals surface area contributed by atoms with Crippen LogP contribution in [0.5, 0.6) is 0 Å². The van der Waals surface area contributed by atoms with E-state index >= 15 is 0 Å². The molecule has 0 aliphatic carbocycles. The monoisotopic (exact) mass is 399 g/mol. The molecule has 9 heteroatoms. The predicted molar refractivity (Wildman–Crippen MR) is 105 cm³/mol. The molecule has 0 saturated carbocycles. The molecule has 4 rings (SSSR count). The second kappa shape index (κ2) is 8.04. The SMILES string of the molecule is Cc1ccc(NC(=O)Nc2cc(CN3CCN4C(=O)OCC4C3)ccc2F)cn1. The molecule has 1 aromatic heterocycles. The van der Waals surface area contributed by atoms with Crippen LogP contribution in [-0.2, 0) is 11.3 Å². The number of fused-ring (bicyclic) bond motifs is 1. The Kier molecular flexibility index (Phi) is 5.30. The van der Waals surface area contributed by atoms with Crippen LogP contribution in [0.2, 0.25) is 0 Å². The summed E-state index contributed by atoms with van der Waals surface area (Å²) in [5.74, 6) is -0.509. The van der Waals surface area contributed by atoms with Crippen LogP contribution in [0, 0.1) is 12.7 Å². The van der Waals surface area contributed by atoms with E-state index in [1.165, 1.54) is 6.07 Å². The summed E-state index contributed by atoms with van der Waals surface area (Å²) in [5.41, 5.74) is 2.34. The first-order valence-corrected chi connectivity index (χ1v) is 9.43. The number of carbonyl (C=O) groups is 2. The number of piperazine rings is 1. The third-order valence-corrected chi connectivity index (χ3v) is 5.05. The molecule has 3 amide bonds. The van der Waals surface area contributed by atoms with Crippen molar-refractivity contribution in [3.8, 4) is 0 Å². The average Bonchev–Trinajstić information content (AvgIpc) is 3.06. The van der Waals surface area contributed by atoms with E-state index in [0.717, 1.165) is 11.3 Å². The number of nitrogens with one attached hydrogen (secondary N) is 2. The molecule has 2 aliphatic heterocycles. The Morgan fingerprint density at radius 3 is 2.93 bits per heavy atom. The number of amides is 3. The lowest BCUT2D eigenvalue weighted by Crippen LogP contribution is -2.51. The highest BCUT2D eigenvalue weighted by molar-refractivity contribution is 5.99. The number of cyclic esters (lactones) is 1. The zero-order valence-corrected chi connectivity index (χ0v) is 16.0. The maximum absolute atomic E-state index is 14.2. The Labute approximate surface area is 167 Å². The predicted octanol–water partition coefficient (Wildman–Crippen LogP) is 2.81. The molecule has 0 spiro atoms. The number of aryl methyl sites for hydroxylation is 1. The second-order valence-electron chi connectivity index (χ2n) is 7.24. The number of urea groups is 1. The lowest BCUT2D eigenvalue weighted by Gasteiger charge is -2.35. The number of aromatic nitrogens is 1. The lowest BCUT2D eigenvalue weighted by atomic mass is 10.1. The van der Waals surface area contributed by atoms with Crippen molar-refractivity contribution < 1.29 is 18.7 Å². The van der Waals surface area contributed by atoms with Crippen LogP contribution >= 0.6 is 0 Å². The van der Waals surface area contributed by atoms with Crippen molar-refractivity contribution in [2.75, 3.05) is 36.9 Å². The number of ether oxygens (including phenoxy) is 1. The minimum atomic E-state index is -0.540. The van der Waals surface area contributed by atoms with Crippen molar-refractivity contribution in [1.82, 2.24) is 14.8 Å². The molecule has 1 aromatic carbocycles. The molecule has 2 saturated heterocycles. The Bertz CT molecular complexity index is 921. The maximum Gasteiger partial charge on any atom is 0.410 e. The first kappa shape index (κ1) is 19.1. The van der Waals surface area contributed by atoms with E-state index in [2.05, 4.69) is 20.5 Å². The van der Waals surface area contributed by atoms with Crippen molar-refractivity contribution in [3.05, 3.63) is 53.6 Å². The molecular formula is C20H22FN5O3. The molecule has 152 valence electrons. The van der Waals surface area contributed by atoms with Crippen molar-refractivity contribution in [1.29, 1.82) is 0 Å². The Morgan fingerprint density at radius 1 is 1.28 bits per heavy atom. The second-order valence-corrected chi connectivity index (χ2v) is 7.24. The van der Waals surface area contributed by atoms with Gasteiger partial charge in [-0.1, -0.05) is 6.07 Å². The number of anilines is 2. The zero-order valence-electron chi connectivity index (χ0n) is 16.0. The van der Waals surface area contributed by atoms with E-state index in [1.807, 2.05) is 6.92 Å². The number of rotatable bonds is 4. The third-order valence-electron chi connectivity index (χ3n) is 5.05. The molecule has 2 fully saturated rings. The van der Waals surface area contributed by atoms with Crippen LogP contribution in [0.4, 0.5) is 25.4 Å².